The number of benzene rings is 3. The van der Waals surface area contributed by atoms with Crippen LogP contribution in [-0.2, 0) is 0 Å². The fourth-order valence-corrected chi connectivity index (χ4v) is 6.90. The minimum absolute atomic E-state index is 1.34. The molecule has 0 atom stereocenters. The third-order valence-electron chi connectivity index (χ3n) is 5.08. The first-order valence-corrected chi connectivity index (χ1v) is 11.1. The molecule has 0 radical (unpaired) electrons. The van der Waals surface area contributed by atoms with Crippen molar-refractivity contribution < 1.29 is 0 Å². The van der Waals surface area contributed by atoms with E-state index in [9.17, 15) is 0 Å². The highest BCUT2D eigenvalue weighted by molar-refractivity contribution is 7.26. The molecule has 6 rings (SSSR count). The van der Waals surface area contributed by atoms with Crippen molar-refractivity contribution >= 4 is 75.7 Å². The standard InChI is InChI=1S/C23H14S3/c1-13-2-9-20(25-13)21-12-15-4-6-17-16-5-3-14-10-11-24-22(14)18(16)7-8-19(17)23(15)26-21/h2-12H,1H3. The van der Waals surface area contributed by atoms with E-state index >= 15 is 0 Å². The molecule has 6 aromatic rings. The molecule has 0 bridgehead atoms. The molecule has 0 nitrogen and oxygen atoms in total. The van der Waals surface area contributed by atoms with Gasteiger partial charge in [0.2, 0.25) is 0 Å². The second-order valence-electron chi connectivity index (χ2n) is 6.67. The van der Waals surface area contributed by atoms with Crippen LogP contribution in [0.4, 0.5) is 0 Å². The van der Waals surface area contributed by atoms with E-state index < -0.39 is 0 Å². The lowest BCUT2D eigenvalue weighted by atomic mass is 10.00. The lowest BCUT2D eigenvalue weighted by molar-refractivity contribution is 1.64. The fourth-order valence-electron chi connectivity index (χ4n) is 3.83. The van der Waals surface area contributed by atoms with Gasteiger partial charge in [-0.15, -0.1) is 34.0 Å². The molecule has 0 fully saturated rings. The Hall–Kier alpha value is -2.20. The van der Waals surface area contributed by atoms with Gasteiger partial charge in [0.1, 0.15) is 0 Å². The summed E-state index contributed by atoms with van der Waals surface area (Å²) in [4.78, 5) is 4.12. The largest absolute Gasteiger partial charge is 0.143 e. The molecule has 124 valence electrons. The molecular weight excluding hydrogens is 372 g/mol. The zero-order valence-electron chi connectivity index (χ0n) is 14.1. The lowest BCUT2D eigenvalue weighted by Gasteiger charge is -2.06. The summed E-state index contributed by atoms with van der Waals surface area (Å²) in [6.45, 7) is 2.17. The Morgan fingerprint density at radius 1 is 0.577 bits per heavy atom. The molecule has 0 unspecified atom stereocenters. The molecule has 26 heavy (non-hydrogen) atoms. The van der Waals surface area contributed by atoms with E-state index in [4.69, 9.17) is 0 Å². The Labute approximate surface area is 163 Å². The predicted octanol–water partition coefficient (Wildman–Crippen LogP) is 8.46. The molecule has 0 N–H and O–H groups in total. The maximum absolute atomic E-state index is 2.34. The second kappa shape index (κ2) is 5.40. The van der Waals surface area contributed by atoms with Crippen LogP contribution in [0.1, 0.15) is 4.88 Å². The van der Waals surface area contributed by atoms with Gasteiger partial charge in [0, 0.05) is 34.8 Å². The molecule has 0 aliphatic carbocycles. The second-order valence-corrected chi connectivity index (χ2v) is 9.92. The van der Waals surface area contributed by atoms with Gasteiger partial charge in [-0.25, -0.2) is 0 Å². The predicted molar refractivity (Wildman–Crippen MR) is 120 cm³/mol. The SMILES string of the molecule is Cc1ccc(-c2cc3ccc4c5ccc6ccsc6c5ccc4c3s2)s1. The third kappa shape index (κ3) is 2.05. The Balaban J connectivity index is 1.70. The molecule has 0 aliphatic rings. The molecular formula is C23H14S3. The van der Waals surface area contributed by atoms with Crippen molar-refractivity contribution in [3.63, 3.8) is 0 Å². The van der Waals surface area contributed by atoms with Crippen LogP contribution in [-0.4, -0.2) is 0 Å². The zero-order valence-corrected chi connectivity index (χ0v) is 16.5. The number of hydrogen-bond donors (Lipinski definition) is 0. The van der Waals surface area contributed by atoms with Crippen molar-refractivity contribution in [1.82, 2.24) is 0 Å². The van der Waals surface area contributed by atoms with E-state index in [0.29, 0.717) is 0 Å². The first-order valence-electron chi connectivity index (χ1n) is 8.60. The minimum atomic E-state index is 1.34. The topological polar surface area (TPSA) is 0 Å². The van der Waals surface area contributed by atoms with Crippen molar-refractivity contribution in [3.8, 4) is 9.75 Å². The maximum atomic E-state index is 2.34. The van der Waals surface area contributed by atoms with E-state index in [1.165, 1.54) is 56.3 Å². The van der Waals surface area contributed by atoms with Gasteiger partial charge >= 0.3 is 0 Å². The van der Waals surface area contributed by atoms with Crippen LogP contribution >= 0.6 is 34.0 Å². The van der Waals surface area contributed by atoms with Crippen LogP contribution in [0.25, 0.3) is 51.5 Å². The first kappa shape index (κ1) is 14.9. The molecule has 3 heterocycles. The monoisotopic (exact) mass is 386 g/mol. The summed E-state index contributed by atoms with van der Waals surface area (Å²) < 4.78 is 2.79. The molecule has 0 saturated heterocycles. The summed E-state index contributed by atoms with van der Waals surface area (Å²) in [6, 6.07) is 22.8. The van der Waals surface area contributed by atoms with E-state index in [-0.39, 0.29) is 0 Å². The summed E-state index contributed by atoms with van der Waals surface area (Å²) in [5, 5.41) is 10.3. The van der Waals surface area contributed by atoms with Crippen LogP contribution in [0, 0.1) is 6.92 Å². The number of aryl methyl sites for hydroxylation is 1. The van der Waals surface area contributed by atoms with Crippen molar-refractivity contribution in [2.45, 2.75) is 6.92 Å². The summed E-state index contributed by atoms with van der Waals surface area (Å²) in [5.74, 6) is 0. The highest BCUT2D eigenvalue weighted by atomic mass is 32.1. The Bertz CT molecular complexity index is 1440. The zero-order chi connectivity index (χ0) is 17.3. The van der Waals surface area contributed by atoms with Gasteiger partial charge in [-0.3, -0.25) is 0 Å². The van der Waals surface area contributed by atoms with E-state index in [1.807, 2.05) is 34.0 Å². The van der Waals surface area contributed by atoms with Crippen LogP contribution in [0.15, 0.2) is 66.0 Å². The Morgan fingerprint density at radius 3 is 2.08 bits per heavy atom. The van der Waals surface area contributed by atoms with Crippen molar-refractivity contribution in [3.05, 3.63) is 70.9 Å². The van der Waals surface area contributed by atoms with Gasteiger partial charge in [0.25, 0.3) is 0 Å². The van der Waals surface area contributed by atoms with Gasteiger partial charge in [-0.2, -0.15) is 0 Å². The molecule has 0 amide bonds. The van der Waals surface area contributed by atoms with Crippen molar-refractivity contribution in [1.29, 1.82) is 0 Å². The normalized spacial score (nSPS) is 12.0. The minimum Gasteiger partial charge on any atom is -0.143 e. The molecule has 0 aliphatic heterocycles. The molecule has 3 aromatic carbocycles. The van der Waals surface area contributed by atoms with Gasteiger partial charge in [0.15, 0.2) is 0 Å². The molecule has 0 spiro atoms. The van der Waals surface area contributed by atoms with Crippen LogP contribution in [0.3, 0.4) is 0 Å². The number of thiophene rings is 3. The van der Waals surface area contributed by atoms with E-state index in [0.717, 1.165) is 0 Å². The smallest absolute Gasteiger partial charge is 0.0455 e. The summed E-state index contributed by atoms with van der Waals surface area (Å²) >= 11 is 5.63. The first-order chi connectivity index (χ1) is 12.8. The van der Waals surface area contributed by atoms with Gasteiger partial charge in [0.05, 0.1) is 0 Å². The van der Waals surface area contributed by atoms with Crippen molar-refractivity contribution in [2.75, 3.05) is 0 Å². The molecule has 3 heteroatoms. The highest BCUT2D eigenvalue weighted by Crippen LogP contribution is 2.42. The summed E-state index contributed by atoms with van der Waals surface area (Å²) in [6.07, 6.45) is 0. The van der Waals surface area contributed by atoms with E-state index in [2.05, 4.69) is 73.0 Å². The Morgan fingerprint density at radius 2 is 1.31 bits per heavy atom. The van der Waals surface area contributed by atoms with Gasteiger partial charge in [-0.05, 0) is 58.1 Å². The van der Waals surface area contributed by atoms with Crippen molar-refractivity contribution in [2.24, 2.45) is 0 Å². The highest BCUT2D eigenvalue weighted by Gasteiger charge is 2.11. The fraction of sp³-hybridized carbons (Fsp3) is 0.0435. The van der Waals surface area contributed by atoms with Gasteiger partial charge < -0.3 is 0 Å². The van der Waals surface area contributed by atoms with Crippen LogP contribution < -0.4 is 0 Å². The molecule has 3 aromatic heterocycles. The quantitative estimate of drug-likeness (QED) is 0.249. The average Bonchev–Trinajstić information content (AvgIpc) is 3.39. The summed E-state index contributed by atoms with van der Waals surface area (Å²) in [5.41, 5.74) is 0. The van der Waals surface area contributed by atoms with Crippen LogP contribution in [0.5, 0.6) is 0 Å². The lowest BCUT2D eigenvalue weighted by Crippen LogP contribution is -1.78. The Kier molecular flexibility index (Phi) is 3.10. The third-order valence-corrected chi connectivity index (χ3v) is 8.42. The number of fused-ring (bicyclic) bond motifs is 7. The summed E-state index contributed by atoms with van der Waals surface area (Å²) in [7, 11) is 0. The average molecular weight is 387 g/mol. The van der Waals surface area contributed by atoms with E-state index in [1.54, 1.807) is 0 Å². The number of hydrogen-bond acceptors (Lipinski definition) is 3. The maximum Gasteiger partial charge on any atom is 0.0455 e. The number of rotatable bonds is 1. The molecule has 0 saturated carbocycles. The van der Waals surface area contributed by atoms with Gasteiger partial charge in [-0.1, -0.05) is 36.4 Å². The van der Waals surface area contributed by atoms with Crippen LogP contribution in [0.2, 0.25) is 0 Å².